The SMILES string of the molecule is CCC(C)CCCCCCCCCCCCC(=O)OC[C@H](COP(=O)(O)OCC(O)COP(=O)(O)OC[C@@H](COC(=O)CCCCCCCCCCC(C)C)OC(=O)CCCCCCCCCCCCCC(C)C)OC(=O)CCCCCCCCCCCCCCCCCCC(C)C. The number of ether oxygens (including phenoxy) is 4. The van der Waals surface area contributed by atoms with E-state index in [2.05, 4.69) is 55.4 Å². The molecule has 0 rings (SSSR count). The summed E-state index contributed by atoms with van der Waals surface area (Å²) in [5, 5.41) is 10.6. The third-order valence-electron chi connectivity index (χ3n) is 18.7. The van der Waals surface area contributed by atoms with E-state index in [1.54, 1.807) is 0 Å². The Morgan fingerprint density at radius 3 is 0.724 bits per heavy atom. The van der Waals surface area contributed by atoms with Crippen molar-refractivity contribution in [3.63, 3.8) is 0 Å². The number of phosphoric acid groups is 2. The molecule has 0 aliphatic heterocycles. The lowest BCUT2D eigenvalue weighted by Gasteiger charge is -2.21. The molecule has 19 heteroatoms. The zero-order chi connectivity index (χ0) is 72.4. The van der Waals surface area contributed by atoms with Gasteiger partial charge in [0.15, 0.2) is 12.2 Å². The summed E-state index contributed by atoms with van der Waals surface area (Å²) in [6.07, 6.45) is 54.0. The van der Waals surface area contributed by atoms with Crippen molar-refractivity contribution in [3.8, 4) is 0 Å². The number of hydrogen-bond donors (Lipinski definition) is 3. The van der Waals surface area contributed by atoms with Crippen LogP contribution in [0.3, 0.4) is 0 Å². The van der Waals surface area contributed by atoms with Gasteiger partial charge >= 0.3 is 39.5 Å². The van der Waals surface area contributed by atoms with Gasteiger partial charge in [0.05, 0.1) is 26.4 Å². The van der Waals surface area contributed by atoms with Crippen molar-refractivity contribution in [2.45, 2.75) is 420 Å². The van der Waals surface area contributed by atoms with Crippen molar-refractivity contribution in [2.75, 3.05) is 39.6 Å². The molecule has 0 amide bonds. The first kappa shape index (κ1) is 96.1. The van der Waals surface area contributed by atoms with E-state index in [0.717, 1.165) is 114 Å². The average molecular weight is 1440 g/mol. The van der Waals surface area contributed by atoms with Crippen molar-refractivity contribution in [1.29, 1.82) is 0 Å². The highest BCUT2D eigenvalue weighted by Crippen LogP contribution is 2.45. The molecule has 0 saturated carbocycles. The maximum atomic E-state index is 13.1. The van der Waals surface area contributed by atoms with Gasteiger partial charge in [-0.2, -0.15) is 0 Å². The molecule has 0 radical (unpaired) electrons. The molecule has 4 unspecified atom stereocenters. The van der Waals surface area contributed by atoms with Crippen LogP contribution in [0, 0.1) is 23.7 Å². The minimum absolute atomic E-state index is 0.106. The second-order valence-corrected chi connectivity index (χ2v) is 33.0. The third kappa shape index (κ3) is 71.1. The molecular formula is C79H154O17P2. The normalized spacial score (nSPS) is 14.3. The third-order valence-corrected chi connectivity index (χ3v) is 20.6. The van der Waals surface area contributed by atoms with Crippen molar-refractivity contribution in [1.82, 2.24) is 0 Å². The van der Waals surface area contributed by atoms with Gasteiger partial charge in [-0.25, -0.2) is 9.13 Å². The number of carbonyl (C=O) groups excluding carboxylic acids is 4. The van der Waals surface area contributed by atoms with E-state index >= 15 is 0 Å². The number of esters is 4. The second kappa shape index (κ2) is 68.2. The lowest BCUT2D eigenvalue weighted by atomic mass is 9.99. The van der Waals surface area contributed by atoms with Crippen molar-refractivity contribution < 1.29 is 80.2 Å². The topological polar surface area (TPSA) is 237 Å². The number of phosphoric ester groups is 2. The Bertz CT molecular complexity index is 1920. The van der Waals surface area contributed by atoms with E-state index in [0.29, 0.717) is 25.7 Å². The van der Waals surface area contributed by atoms with Crippen LogP contribution in [0.2, 0.25) is 0 Å². The molecule has 98 heavy (non-hydrogen) atoms. The Kier molecular flexibility index (Phi) is 66.8. The fraction of sp³-hybridized carbons (Fsp3) is 0.949. The molecule has 6 atom stereocenters. The van der Waals surface area contributed by atoms with Gasteiger partial charge in [-0.3, -0.25) is 37.3 Å². The summed E-state index contributed by atoms with van der Waals surface area (Å²) in [7, 11) is -9.92. The predicted molar refractivity (Wildman–Crippen MR) is 400 cm³/mol. The maximum Gasteiger partial charge on any atom is 0.472 e. The van der Waals surface area contributed by atoms with E-state index in [9.17, 15) is 43.2 Å². The smallest absolute Gasteiger partial charge is 0.462 e. The zero-order valence-electron chi connectivity index (χ0n) is 64.4. The minimum Gasteiger partial charge on any atom is -0.462 e. The first-order chi connectivity index (χ1) is 47.1. The molecule has 0 spiro atoms. The standard InChI is InChI=1S/C79H154O17P2/c1-9-72(8)58-50-42-34-25-21-22-26-35-43-51-59-76(81)89-65-74(95-78(83)61-53-45-37-27-19-15-13-11-10-12-14-17-23-31-39-47-55-69(2)3)67-93-97(85,86)91-63-73(80)64-92-98(87,88)94-68-75(66-90-77(82)60-52-44-36-30-29-33-41-49-57-71(6)7)96-79(84)62-54-46-38-28-20-16-18-24-32-40-48-56-70(4)5/h69-75,80H,9-68H2,1-8H3,(H,85,86)(H,87,88)/t72?,73?,74-,75-/m1/s1. The van der Waals surface area contributed by atoms with Crippen molar-refractivity contribution in [3.05, 3.63) is 0 Å². The lowest BCUT2D eigenvalue weighted by molar-refractivity contribution is -0.161. The highest BCUT2D eigenvalue weighted by Gasteiger charge is 2.30. The number of carbonyl (C=O) groups is 4. The van der Waals surface area contributed by atoms with Gasteiger partial charge in [-0.1, -0.05) is 351 Å². The van der Waals surface area contributed by atoms with Gasteiger partial charge in [0, 0.05) is 25.7 Å². The molecule has 0 aliphatic carbocycles. The summed E-state index contributed by atoms with van der Waals surface area (Å²) in [6, 6.07) is 0. The van der Waals surface area contributed by atoms with Crippen LogP contribution in [0.5, 0.6) is 0 Å². The van der Waals surface area contributed by atoms with Crippen LogP contribution in [0.15, 0.2) is 0 Å². The lowest BCUT2D eigenvalue weighted by Crippen LogP contribution is -2.30. The van der Waals surface area contributed by atoms with E-state index in [4.69, 9.17) is 37.0 Å². The van der Waals surface area contributed by atoms with Crippen LogP contribution in [-0.2, 0) is 65.4 Å². The fourth-order valence-corrected chi connectivity index (χ4v) is 13.6. The van der Waals surface area contributed by atoms with Gasteiger partial charge in [0.2, 0.25) is 0 Å². The molecule has 0 aromatic carbocycles. The monoisotopic (exact) mass is 1440 g/mol. The van der Waals surface area contributed by atoms with Crippen LogP contribution >= 0.6 is 15.6 Å². The fourth-order valence-electron chi connectivity index (χ4n) is 12.0. The van der Waals surface area contributed by atoms with Crippen molar-refractivity contribution in [2.24, 2.45) is 23.7 Å². The summed E-state index contributed by atoms with van der Waals surface area (Å²) in [5.74, 6) is 0.994. The quantitative estimate of drug-likeness (QED) is 0.0222. The molecule has 0 aromatic heterocycles. The number of unbranched alkanes of at least 4 members (excludes halogenated alkanes) is 41. The van der Waals surface area contributed by atoms with Gasteiger partial charge < -0.3 is 33.8 Å². The Morgan fingerprint density at radius 1 is 0.286 bits per heavy atom. The summed E-state index contributed by atoms with van der Waals surface area (Å²) in [4.78, 5) is 73.0. The molecule has 0 aromatic rings. The molecule has 17 nitrogen and oxygen atoms in total. The Hall–Kier alpha value is -1.94. The number of hydrogen-bond acceptors (Lipinski definition) is 15. The number of rotatable bonds is 76. The first-order valence-electron chi connectivity index (χ1n) is 40.7. The van der Waals surface area contributed by atoms with Gasteiger partial charge in [-0.05, 0) is 49.4 Å². The maximum absolute atomic E-state index is 13.1. The van der Waals surface area contributed by atoms with Gasteiger partial charge in [-0.15, -0.1) is 0 Å². The van der Waals surface area contributed by atoms with Gasteiger partial charge in [0.25, 0.3) is 0 Å². The Morgan fingerprint density at radius 2 is 0.490 bits per heavy atom. The van der Waals surface area contributed by atoms with E-state index in [-0.39, 0.29) is 25.7 Å². The molecule has 0 bridgehead atoms. The summed E-state index contributed by atoms with van der Waals surface area (Å²) in [6.45, 7) is 14.3. The highest BCUT2D eigenvalue weighted by molar-refractivity contribution is 7.47. The number of aliphatic hydroxyl groups excluding tert-OH is 1. The van der Waals surface area contributed by atoms with Crippen LogP contribution < -0.4 is 0 Å². The molecular weight excluding hydrogens is 1280 g/mol. The van der Waals surface area contributed by atoms with Crippen molar-refractivity contribution >= 4 is 39.5 Å². The van der Waals surface area contributed by atoms with Crippen LogP contribution in [0.1, 0.15) is 402 Å². The summed E-state index contributed by atoms with van der Waals surface area (Å²) in [5.41, 5.74) is 0. The summed E-state index contributed by atoms with van der Waals surface area (Å²) >= 11 is 0. The molecule has 582 valence electrons. The minimum atomic E-state index is -4.96. The molecule has 0 fully saturated rings. The Balaban J connectivity index is 5.26. The van der Waals surface area contributed by atoms with E-state index in [1.807, 2.05) is 0 Å². The summed E-state index contributed by atoms with van der Waals surface area (Å²) < 4.78 is 68.7. The predicted octanol–water partition coefficient (Wildman–Crippen LogP) is 23.2. The first-order valence-corrected chi connectivity index (χ1v) is 43.7. The highest BCUT2D eigenvalue weighted by atomic mass is 31.2. The molecule has 3 N–H and O–H groups in total. The molecule has 0 aliphatic rings. The largest absolute Gasteiger partial charge is 0.472 e. The van der Waals surface area contributed by atoms with E-state index < -0.39 is 97.5 Å². The zero-order valence-corrected chi connectivity index (χ0v) is 66.2. The van der Waals surface area contributed by atoms with E-state index in [1.165, 1.54) is 205 Å². The molecule has 0 heterocycles. The van der Waals surface area contributed by atoms with Crippen LogP contribution in [-0.4, -0.2) is 96.7 Å². The number of aliphatic hydroxyl groups is 1. The average Bonchev–Trinajstić information content (AvgIpc) is 0.960. The van der Waals surface area contributed by atoms with Gasteiger partial charge in [0.1, 0.15) is 19.3 Å². The molecule has 0 saturated heterocycles. The van der Waals surface area contributed by atoms with Crippen LogP contribution in [0.25, 0.3) is 0 Å². The Labute approximate surface area is 600 Å². The second-order valence-electron chi connectivity index (χ2n) is 30.1. The van der Waals surface area contributed by atoms with Crippen LogP contribution in [0.4, 0.5) is 0 Å².